The summed E-state index contributed by atoms with van der Waals surface area (Å²) in [4.78, 5) is 14.3. The van der Waals surface area contributed by atoms with Gasteiger partial charge in [-0.3, -0.25) is 0 Å². The Morgan fingerprint density at radius 1 is 1.21 bits per heavy atom. The lowest BCUT2D eigenvalue weighted by atomic mass is 10.2. The Kier molecular flexibility index (Phi) is 3.93. The minimum Gasteiger partial charge on any atom is -0.454 e. The monoisotopic (exact) mass is 346 g/mol. The number of amides is 2. The summed E-state index contributed by atoms with van der Waals surface area (Å²) in [6.45, 7) is 0.755. The van der Waals surface area contributed by atoms with Gasteiger partial charge in [-0.15, -0.1) is 11.8 Å². The fourth-order valence-corrected chi connectivity index (χ4v) is 4.06. The van der Waals surface area contributed by atoms with Gasteiger partial charge in [0, 0.05) is 29.6 Å². The molecule has 5 nitrogen and oxygen atoms in total. The number of benzene rings is 2. The molecular weight excluding hydrogens is 331 g/mol. The van der Waals surface area contributed by atoms with Crippen LogP contribution in [-0.2, 0) is 0 Å². The number of urea groups is 1. The van der Waals surface area contributed by atoms with Crippen molar-refractivity contribution in [3.05, 3.63) is 53.8 Å². The van der Waals surface area contributed by atoms with Gasteiger partial charge in [-0.2, -0.15) is 0 Å². The Balaban J connectivity index is 1.52. The molecular formula is C17H15FN2O3S. The molecule has 24 heavy (non-hydrogen) atoms. The Hall–Kier alpha value is -2.41. The van der Waals surface area contributed by atoms with Crippen molar-refractivity contribution in [1.82, 2.24) is 4.90 Å². The van der Waals surface area contributed by atoms with Crippen LogP contribution in [0.3, 0.4) is 0 Å². The second-order valence-corrected chi connectivity index (χ2v) is 6.62. The first kappa shape index (κ1) is 15.1. The predicted molar refractivity (Wildman–Crippen MR) is 89.9 cm³/mol. The normalized spacial score (nSPS) is 18.7. The van der Waals surface area contributed by atoms with Gasteiger partial charge in [-0.1, -0.05) is 18.2 Å². The second kappa shape index (κ2) is 6.24. The average Bonchev–Trinajstić information content (AvgIpc) is 3.24. The van der Waals surface area contributed by atoms with E-state index in [-0.39, 0.29) is 24.0 Å². The highest BCUT2D eigenvalue weighted by molar-refractivity contribution is 7.99. The van der Waals surface area contributed by atoms with Gasteiger partial charge >= 0.3 is 6.03 Å². The van der Waals surface area contributed by atoms with Gasteiger partial charge in [0.1, 0.15) is 11.2 Å². The second-order valence-electron chi connectivity index (χ2n) is 5.44. The topological polar surface area (TPSA) is 50.8 Å². The summed E-state index contributed by atoms with van der Waals surface area (Å²) >= 11 is 1.56. The number of carbonyl (C=O) groups is 1. The van der Waals surface area contributed by atoms with Crippen LogP contribution in [0.15, 0.2) is 42.5 Å². The number of halogens is 1. The van der Waals surface area contributed by atoms with Crippen LogP contribution in [0.25, 0.3) is 0 Å². The summed E-state index contributed by atoms with van der Waals surface area (Å²) in [5.41, 5.74) is 1.15. The Morgan fingerprint density at radius 3 is 2.92 bits per heavy atom. The van der Waals surface area contributed by atoms with Crippen molar-refractivity contribution in [3.63, 3.8) is 0 Å². The molecule has 1 atom stereocenters. The summed E-state index contributed by atoms with van der Waals surface area (Å²) in [5, 5.41) is 2.53. The quantitative estimate of drug-likeness (QED) is 0.898. The van der Waals surface area contributed by atoms with Gasteiger partial charge in [0.25, 0.3) is 0 Å². The first-order chi connectivity index (χ1) is 11.7. The van der Waals surface area contributed by atoms with Crippen LogP contribution in [0.4, 0.5) is 14.9 Å². The third-order valence-electron chi connectivity index (χ3n) is 3.95. The zero-order valence-corrected chi connectivity index (χ0v) is 13.5. The maximum absolute atomic E-state index is 14.1. The van der Waals surface area contributed by atoms with Crippen LogP contribution < -0.4 is 14.8 Å². The molecule has 0 saturated carbocycles. The number of hydrogen-bond acceptors (Lipinski definition) is 4. The molecule has 0 aliphatic carbocycles. The molecule has 0 spiro atoms. The largest absolute Gasteiger partial charge is 0.454 e. The van der Waals surface area contributed by atoms with Crippen LogP contribution in [0.2, 0.25) is 0 Å². The predicted octanol–water partition coefficient (Wildman–Crippen LogP) is 3.83. The van der Waals surface area contributed by atoms with Crippen molar-refractivity contribution in [2.24, 2.45) is 0 Å². The lowest BCUT2D eigenvalue weighted by molar-refractivity contribution is 0.174. The lowest BCUT2D eigenvalue weighted by Gasteiger charge is -2.24. The fourth-order valence-electron chi connectivity index (χ4n) is 2.78. The van der Waals surface area contributed by atoms with Crippen LogP contribution in [0.5, 0.6) is 11.5 Å². The lowest BCUT2D eigenvalue weighted by Crippen LogP contribution is -2.34. The van der Waals surface area contributed by atoms with E-state index >= 15 is 0 Å². The fraction of sp³-hybridized carbons (Fsp3) is 0.235. The van der Waals surface area contributed by atoms with Crippen LogP contribution in [0.1, 0.15) is 10.9 Å². The number of thioether (sulfide) groups is 1. The van der Waals surface area contributed by atoms with Crippen molar-refractivity contribution in [3.8, 4) is 11.5 Å². The Labute approximate surface area is 142 Å². The SMILES string of the molecule is O=C(Nc1ccc2c(c1)OCO2)N1CCS[C@H]1c1ccccc1F. The van der Waals surface area contributed by atoms with Crippen molar-refractivity contribution >= 4 is 23.5 Å². The molecule has 2 heterocycles. The van der Waals surface area contributed by atoms with Crippen molar-refractivity contribution in [1.29, 1.82) is 0 Å². The van der Waals surface area contributed by atoms with E-state index in [0.717, 1.165) is 5.75 Å². The van der Waals surface area contributed by atoms with E-state index in [4.69, 9.17) is 9.47 Å². The number of ether oxygens (including phenoxy) is 2. The minimum absolute atomic E-state index is 0.185. The van der Waals surface area contributed by atoms with Gasteiger partial charge < -0.3 is 19.7 Å². The number of carbonyl (C=O) groups excluding carboxylic acids is 1. The first-order valence-corrected chi connectivity index (χ1v) is 8.60. The molecule has 2 aliphatic heterocycles. The standard InChI is InChI=1S/C17H15FN2O3S/c18-13-4-2-1-3-12(13)16-20(7-8-24-16)17(21)19-11-5-6-14-15(9-11)23-10-22-14/h1-6,9,16H,7-8,10H2,(H,19,21)/t16-/m0/s1. The molecule has 1 saturated heterocycles. The van der Waals surface area contributed by atoms with Gasteiger partial charge in [-0.25, -0.2) is 9.18 Å². The minimum atomic E-state index is -0.319. The van der Waals surface area contributed by atoms with E-state index < -0.39 is 0 Å². The van der Waals surface area contributed by atoms with E-state index in [1.807, 2.05) is 0 Å². The van der Waals surface area contributed by atoms with Gasteiger partial charge in [0.15, 0.2) is 11.5 Å². The smallest absolute Gasteiger partial charge is 0.323 e. The molecule has 0 bridgehead atoms. The summed E-state index contributed by atoms with van der Waals surface area (Å²) in [5.74, 6) is 1.74. The summed E-state index contributed by atoms with van der Waals surface area (Å²) in [6, 6.07) is 11.5. The molecule has 2 aromatic rings. The van der Waals surface area contributed by atoms with Crippen LogP contribution in [-0.4, -0.2) is 30.0 Å². The van der Waals surface area contributed by atoms with Gasteiger partial charge in [0.05, 0.1) is 0 Å². The molecule has 0 unspecified atom stereocenters. The van der Waals surface area contributed by atoms with Gasteiger partial charge in [-0.05, 0) is 18.2 Å². The molecule has 4 rings (SSSR count). The van der Waals surface area contributed by atoms with E-state index in [9.17, 15) is 9.18 Å². The number of nitrogens with zero attached hydrogens (tertiary/aromatic N) is 1. The Bertz CT molecular complexity index is 786. The van der Waals surface area contributed by atoms with Crippen molar-refractivity contribution < 1.29 is 18.7 Å². The zero-order valence-electron chi connectivity index (χ0n) is 12.7. The van der Waals surface area contributed by atoms with E-state index in [1.54, 1.807) is 53.1 Å². The number of fused-ring (bicyclic) bond motifs is 1. The summed E-state index contributed by atoms with van der Waals surface area (Å²) in [6.07, 6.45) is 0. The molecule has 2 amide bonds. The molecule has 0 radical (unpaired) electrons. The van der Waals surface area contributed by atoms with Gasteiger partial charge in [0.2, 0.25) is 6.79 Å². The molecule has 0 aromatic heterocycles. The van der Waals surface area contributed by atoms with E-state index in [1.165, 1.54) is 6.07 Å². The van der Waals surface area contributed by atoms with E-state index in [0.29, 0.717) is 29.3 Å². The van der Waals surface area contributed by atoms with Crippen molar-refractivity contribution in [2.45, 2.75) is 5.37 Å². The van der Waals surface area contributed by atoms with Crippen LogP contribution in [0, 0.1) is 5.82 Å². The summed E-state index contributed by atoms with van der Waals surface area (Å²) < 4.78 is 24.6. The highest BCUT2D eigenvalue weighted by Crippen LogP contribution is 2.39. The number of anilines is 1. The molecule has 1 N–H and O–H groups in total. The number of hydrogen-bond donors (Lipinski definition) is 1. The number of nitrogens with one attached hydrogen (secondary N) is 1. The molecule has 2 aromatic carbocycles. The highest BCUT2D eigenvalue weighted by Gasteiger charge is 2.32. The molecule has 2 aliphatic rings. The molecule has 7 heteroatoms. The molecule has 124 valence electrons. The zero-order chi connectivity index (χ0) is 16.5. The van der Waals surface area contributed by atoms with Crippen molar-refractivity contribution in [2.75, 3.05) is 24.4 Å². The van der Waals surface area contributed by atoms with E-state index in [2.05, 4.69) is 5.32 Å². The highest BCUT2D eigenvalue weighted by atomic mass is 32.2. The maximum Gasteiger partial charge on any atom is 0.323 e. The van der Waals surface area contributed by atoms with Crippen LogP contribution >= 0.6 is 11.8 Å². The third kappa shape index (κ3) is 2.75. The third-order valence-corrected chi connectivity index (χ3v) is 5.19. The summed E-state index contributed by atoms with van der Waals surface area (Å²) in [7, 11) is 0. The average molecular weight is 346 g/mol. The maximum atomic E-state index is 14.1. The molecule has 1 fully saturated rings. The Morgan fingerprint density at radius 2 is 2.04 bits per heavy atom. The number of rotatable bonds is 2. The first-order valence-electron chi connectivity index (χ1n) is 7.56.